The fraction of sp³-hybridized carbons (Fsp3) is 0.636. The normalized spacial score (nSPS) is 26.2. The lowest BCUT2D eigenvalue weighted by Gasteiger charge is -2.43. The Balaban J connectivity index is 2.26. The molecule has 94 valence electrons. The smallest absolute Gasteiger partial charge is 0.153 e. The second-order valence-electron chi connectivity index (χ2n) is 4.66. The van der Waals surface area contributed by atoms with Crippen molar-refractivity contribution in [2.45, 2.75) is 25.9 Å². The molecule has 0 aliphatic carbocycles. The Morgan fingerprint density at radius 1 is 1.29 bits per heavy atom. The van der Waals surface area contributed by atoms with Crippen LogP contribution in [0.15, 0.2) is 6.33 Å². The van der Waals surface area contributed by atoms with Crippen molar-refractivity contribution in [1.82, 2.24) is 14.9 Å². The van der Waals surface area contributed by atoms with Crippen LogP contribution in [0.1, 0.15) is 13.8 Å². The maximum Gasteiger partial charge on any atom is 0.153 e. The molecule has 0 spiro atoms. The topological polar surface area (TPSA) is 58.3 Å². The first-order chi connectivity index (χ1) is 8.00. The number of piperazine rings is 1. The van der Waals surface area contributed by atoms with Crippen LogP contribution in [-0.2, 0) is 0 Å². The number of hydrogen-bond acceptors (Lipinski definition) is 5. The lowest BCUT2D eigenvalue weighted by molar-refractivity contribution is 0.169. The zero-order valence-corrected chi connectivity index (χ0v) is 11.1. The average molecular weight is 256 g/mol. The summed E-state index contributed by atoms with van der Waals surface area (Å²) < 4.78 is 0. The molecular formula is C11H18ClN5. The lowest BCUT2D eigenvalue weighted by atomic mass is 10.1. The molecule has 2 unspecified atom stereocenters. The van der Waals surface area contributed by atoms with Crippen LogP contribution in [0.5, 0.6) is 0 Å². The van der Waals surface area contributed by atoms with Gasteiger partial charge >= 0.3 is 0 Å². The summed E-state index contributed by atoms with van der Waals surface area (Å²) in [6, 6.07) is 0.928. The van der Waals surface area contributed by atoms with Gasteiger partial charge in [-0.25, -0.2) is 9.97 Å². The molecule has 1 aliphatic rings. The molecule has 1 aliphatic heterocycles. The maximum atomic E-state index is 6.15. The summed E-state index contributed by atoms with van der Waals surface area (Å²) in [5.41, 5.74) is 5.70. The Morgan fingerprint density at radius 2 is 1.88 bits per heavy atom. The third-order valence-electron chi connectivity index (χ3n) is 3.46. The molecule has 2 heterocycles. The van der Waals surface area contributed by atoms with Crippen molar-refractivity contribution in [3.8, 4) is 0 Å². The summed E-state index contributed by atoms with van der Waals surface area (Å²) in [5.74, 6) is 1.09. The van der Waals surface area contributed by atoms with E-state index in [1.807, 2.05) is 0 Å². The number of likely N-dealkylation sites (N-methyl/N-ethyl adjacent to an activating group) is 1. The Bertz CT molecular complexity index is 399. The molecule has 6 heteroatoms. The molecule has 17 heavy (non-hydrogen) atoms. The van der Waals surface area contributed by atoms with E-state index in [2.05, 4.69) is 40.7 Å². The summed E-state index contributed by atoms with van der Waals surface area (Å²) in [4.78, 5) is 12.7. The summed E-state index contributed by atoms with van der Waals surface area (Å²) in [5, 5.41) is 0.455. The zero-order chi connectivity index (χ0) is 12.6. The quantitative estimate of drug-likeness (QED) is 0.818. The van der Waals surface area contributed by atoms with E-state index < -0.39 is 0 Å². The third kappa shape index (κ3) is 2.30. The van der Waals surface area contributed by atoms with E-state index in [1.165, 1.54) is 6.33 Å². The van der Waals surface area contributed by atoms with E-state index in [4.69, 9.17) is 17.3 Å². The molecule has 0 radical (unpaired) electrons. The predicted octanol–water partition coefficient (Wildman–Crippen LogP) is 1.24. The molecule has 0 saturated carbocycles. The van der Waals surface area contributed by atoms with Crippen molar-refractivity contribution in [1.29, 1.82) is 0 Å². The number of nitrogen functional groups attached to an aromatic ring is 1. The predicted molar refractivity (Wildman–Crippen MR) is 70.4 cm³/mol. The highest BCUT2D eigenvalue weighted by atomic mass is 35.5. The minimum Gasteiger partial charge on any atom is -0.382 e. The molecule has 2 atom stereocenters. The molecule has 1 fully saturated rings. The Hall–Kier alpha value is -1.07. The first kappa shape index (κ1) is 12.4. The largest absolute Gasteiger partial charge is 0.382 e. The number of aromatic nitrogens is 2. The van der Waals surface area contributed by atoms with Gasteiger partial charge in [-0.3, -0.25) is 4.90 Å². The van der Waals surface area contributed by atoms with Crippen LogP contribution in [-0.4, -0.2) is 47.1 Å². The first-order valence-corrected chi connectivity index (χ1v) is 6.11. The monoisotopic (exact) mass is 255 g/mol. The van der Waals surface area contributed by atoms with Crippen molar-refractivity contribution in [2.75, 3.05) is 30.8 Å². The lowest BCUT2D eigenvalue weighted by Crippen LogP contribution is -2.55. The van der Waals surface area contributed by atoms with Crippen LogP contribution in [0.3, 0.4) is 0 Å². The Kier molecular flexibility index (Phi) is 3.40. The summed E-state index contributed by atoms with van der Waals surface area (Å²) in [6.07, 6.45) is 1.46. The van der Waals surface area contributed by atoms with Gasteiger partial charge in [0.25, 0.3) is 0 Å². The van der Waals surface area contributed by atoms with E-state index in [0.717, 1.165) is 18.9 Å². The van der Waals surface area contributed by atoms with Gasteiger partial charge in [0.2, 0.25) is 0 Å². The maximum absolute atomic E-state index is 6.15. The minimum absolute atomic E-state index is 0.343. The Labute approximate surface area is 107 Å². The van der Waals surface area contributed by atoms with Crippen molar-refractivity contribution in [3.63, 3.8) is 0 Å². The number of hydrogen-bond donors (Lipinski definition) is 1. The highest BCUT2D eigenvalue weighted by Gasteiger charge is 2.28. The number of halogens is 1. The zero-order valence-electron chi connectivity index (χ0n) is 10.4. The first-order valence-electron chi connectivity index (χ1n) is 5.73. The van der Waals surface area contributed by atoms with E-state index in [1.54, 1.807) is 0 Å². The highest BCUT2D eigenvalue weighted by Crippen LogP contribution is 2.29. The van der Waals surface area contributed by atoms with Gasteiger partial charge in [-0.1, -0.05) is 11.6 Å². The second-order valence-corrected chi connectivity index (χ2v) is 5.04. The van der Waals surface area contributed by atoms with E-state index in [9.17, 15) is 0 Å². The fourth-order valence-electron chi connectivity index (χ4n) is 2.17. The van der Waals surface area contributed by atoms with E-state index >= 15 is 0 Å². The van der Waals surface area contributed by atoms with Gasteiger partial charge in [0.05, 0.1) is 0 Å². The summed E-state index contributed by atoms with van der Waals surface area (Å²) >= 11 is 6.15. The standard InChI is InChI=1S/C11H18ClN5/c1-7-4-17(5-8(2)16(7)3)11-9(12)10(13)14-6-15-11/h6-8H,4-5H2,1-3H3,(H2,13,14,15). The van der Waals surface area contributed by atoms with Gasteiger partial charge in [-0.15, -0.1) is 0 Å². The molecule has 2 rings (SSSR count). The molecule has 0 bridgehead atoms. The van der Waals surface area contributed by atoms with Gasteiger partial charge in [-0.2, -0.15) is 0 Å². The van der Waals surface area contributed by atoms with Crippen LogP contribution >= 0.6 is 11.6 Å². The summed E-state index contributed by atoms with van der Waals surface area (Å²) in [6.45, 7) is 6.19. The van der Waals surface area contributed by atoms with Gasteiger partial charge in [-0.05, 0) is 20.9 Å². The molecule has 5 nitrogen and oxygen atoms in total. The number of nitrogens with zero attached hydrogens (tertiary/aromatic N) is 4. The highest BCUT2D eigenvalue weighted by molar-refractivity contribution is 6.35. The number of anilines is 2. The van der Waals surface area contributed by atoms with Crippen LogP contribution in [0, 0.1) is 0 Å². The van der Waals surface area contributed by atoms with E-state index in [0.29, 0.717) is 22.9 Å². The summed E-state index contributed by atoms with van der Waals surface area (Å²) in [7, 11) is 2.14. The molecule has 1 aromatic rings. The second kappa shape index (κ2) is 4.66. The van der Waals surface area contributed by atoms with Crippen molar-refractivity contribution in [3.05, 3.63) is 11.3 Å². The van der Waals surface area contributed by atoms with Crippen LogP contribution in [0.2, 0.25) is 5.02 Å². The fourth-order valence-corrected chi connectivity index (χ4v) is 2.39. The SMILES string of the molecule is CC1CN(c2ncnc(N)c2Cl)CC(C)N1C. The molecular weight excluding hydrogens is 238 g/mol. The van der Waals surface area contributed by atoms with Crippen LogP contribution in [0.25, 0.3) is 0 Å². The van der Waals surface area contributed by atoms with Crippen molar-refractivity contribution < 1.29 is 0 Å². The van der Waals surface area contributed by atoms with Crippen molar-refractivity contribution in [2.24, 2.45) is 0 Å². The van der Waals surface area contributed by atoms with Gasteiger partial charge in [0.1, 0.15) is 17.2 Å². The van der Waals surface area contributed by atoms with Crippen LogP contribution < -0.4 is 10.6 Å². The van der Waals surface area contributed by atoms with Crippen molar-refractivity contribution >= 4 is 23.2 Å². The minimum atomic E-state index is 0.343. The van der Waals surface area contributed by atoms with Gasteiger partial charge in [0, 0.05) is 25.2 Å². The third-order valence-corrected chi connectivity index (χ3v) is 3.82. The average Bonchev–Trinajstić information content (AvgIpc) is 2.29. The Morgan fingerprint density at radius 3 is 2.47 bits per heavy atom. The number of nitrogens with two attached hydrogens (primary N) is 1. The van der Waals surface area contributed by atoms with Crippen LogP contribution in [0.4, 0.5) is 11.6 Å². The molecule has 1 aromatic heterocycles. The van der Waals surface area contributed by atoms with Gasteiger partial charge < -0.3 is 10.6 Å². The molecule has 2 N–H and O–H groups in total. The molecule has 0 aromatic carbocycles. The molecule has 0 amide bonds. The van der Waals surface area contributed by atoms with Gasteiger partial charge in [0.15, 0.2) is 5.82 Å². The van der Waals surface area contributed by atoms with E-state index in [-0.39, 0.29) is 0 Å². The number of rotatable bonds is 1. The molecule has 1 saturated heterocycles.